The van der Waals surface area contributed by atoms with Crippen molar-refractivity contribution in [2.24, 2.45) is 0 Å². The van der Waals surface area contributed by atoms with Gasteiger partial charge in [-0.1, -0.05) is 52.0 Å². The Balaban J connectivity index is 2.68. The Bertz CT molecular complexity index is 498. The van der Waals surface area contributed by atoms with Gasteiger partial charge in [0.25, 0.3) is 0 Å². The van der Waals surface area contributed by atoms with Crippen LogP contribution in [0.25, 0.3) is 10.9 Å². The van der Waals surface area contributed by atoms with Crippen molar-refractivity contribution >= 4 is 10.9 Å². The molecular formula is C15H19N. The number of rotatable bonds is 2. The van der Waals surface area contributed by atoms with Gasteiger partial charge < -0.3 is 0 Å². The molecule has 1 aromatic heterocycles. The maximum atomic E-state index is 4.80. The van der Waals surface area contributed by atoms with Crippen LogP contribution in [0.5, 0.6) is 0 Å². The second-order valence-electron chi connectivity index (χ2n) is 4.96. The highest BCUT2D eigenvalue weighted by Gasteiger charge is 2.08. The zero-order chi connectivity index (χ0) is 11.7. The first-order valence-corrected chi connectivity index (χ1v) is 5.99. The van der Waals surface area contributed by atoms with Crippen LogP contribution >= 0.6 is 0 Å². The zero-order valence-corrected chi connectivity index (χ0v) is 10.5. The minimum atomic E-state index is 0.490. The summed E-state index contributed by atoms with van der Waals surface area (Å²) in [5.74, 6) is 1.02. The summed E-state index contributed by atoms with van der Waals surface area (Å²) in [5.41, 5.74) is 3.70. The summed E-state index contributed by atoms with van der Waals surface area (Å²) in [6.45, 7) is 8.81. The predicted octanol–water partition coefficient (Wildman–Crippen LogP) is 4.48. The van der Waals surface area contributed by atoms with E-state index in [0.717, 1.165) is 0 Å². The Labute approximate surface area is 97.5 Å². The number of nitrogens with zero attached hydrogens (tertiary/aromatic N) is 1. The number of hydrogen-bond donors (Lipinski definition) is 0. The second kappa shape index (κ2) is 4.25. The highest BCUT2D eigenvalue weighted by atomic mass is 14.7. The number of pyridine rings is 1. The van der Waals surface area contributed by atoms with E-state index in [0.29, 0.717) is 11.8 Å². The first kappa shape index (κ1) is 11.1. The molecule has 0 atom stereocenters. The minimum Gasteiger partial charge on any atom is -0.252 e. The molecule has 0 aliphatic carbocycles. The third-order valence-electron chi connectivity index (χ3n) is 2.99. The van der Waals surface area contributed by atoms with Crippen molar-refractivity contribution < 1.29 is 0 Å². The second-order valence-corrected chi connectivity index (χ2v) is 4.96. The molecule has 1 heterocycles. The average molecular weight is 213 g/mol. The van der Waals surface area contributed by atoms with Crippen molar-refractivity contribution in [1.82, 2.24) is 4.98 Å². The van der Waals surface area contributed by atoms with Crippen molar-refractivity contribution in [3.05, 3.63) is 41.6 Å². The van der Waals surface area contributed by atoms with E-state index < -0.39 is 0 Å². The number of fused-ring (bicyclic) bond motifs is 1. The Kier molecular flexibility index (Phi) is 2.95. The largest absolute Gasteiger partial charge is 0.252 e. The maximum Gasteiger partial charge on any atom is 0.0739 e. The van der Waals surface area contributed by atoms with Gasteiger partial charge in [0.05, 0.1) is 5.52 Å². The maximum absolute atomic E-state index is 4.80. The Hall–Kier alpha value is -1.37. The summed E-state index contributed by atoms with van der Waals surface area (Å²) in [6, 6.07) is 10.8. The lowest BCUT2D eigenvalue weighted by molar-refractivity contribution is 0.823. The molecule has 0 radical (unpaired) electrons. The van der Waals surface area contributed by atoms with Crippen LogP contribution in [0.1, 0.15) is 50.8 Å². The fourth-order valence-electron chi connectivity index (χ4n) is 1.97. The average Bonchev–Trinajstić information content (AvgIpc) is 2.27. The lowest BCUT2D eigenvalue weighted by Gasteiger charge is -2.11. The van der Waals surface area contributed by atoms with Gasteiger partial charge in [-0.15, -0.1) is 0 Å². The summed E-state index contributed by atoms with van der Waals surface area (Å²) < 4.78 is 0. The number of aromatic nitrogens is 1. The van der Waals surface area contributed by atoms with Crippen LogP contribution in [0.4, 0.5) is 0 Å². The fraction of sp³-hybridized carbons (Fsp3) is 0.400. The molecule has 84 valence electrons. The van der Waals surface area contributed by atoms with Crippen LogP contribution in [-0.2, 0) is 0 Å². The molecule has 1 nitrogen and oxygen atoms in total. The normalized spacial score (nSPS) is 11.6. The van der Waals surface area contributed by atoms with E-state index in [1.807, 2.05) is 0 Å². The SMILES string of the molecule is CC(C)c1ccc2cccc(C(C)C)c2n1. The topological polar surface area (TPSA) is 12.9 Å². The van der Waals surface area contributed by atoms with E-state index in [1.54, 1.807) is 0 Å². The molecule has 0 unspecified atom stereocenters. The van der Waals surface area contributed by atoms with Crippen LogP contribution in [0.15, 0.2) is 30.3 Å². The fourth-order valence-corrected chi connectivity index (χ4v) is 1.97. The van der Waals surface area contributed by atoms with E-state index in [-0.39, 0.29) is 0 Å². The molecule has 1 heteroatoms. The Morgan fingerprint density at radius 1 is 0.875 bits per heavy atom. The smallest absolute Gasteiger partial charge is 0.0739 e. The van der Waals surface area contributed by atoms with Crippen LogP contribution in [0, 0.1) is 0 Å². The molecule has 0 amide bonds. The van der Waals surface area contributed by atoms with Crippen molar-refractivity contribution in [3.8, 4) is 0 Å². The molecule has 0 spiro atoms. The van der Waals surface area contributed by atoms with Crippen LogP contribution in [0.3, 0.4) is 0 Å². The molecule has 0 N–H and O–H groups in total. The molecule has 2 rings (SSSR count). The minimum absolute atomic E-state index is 0.490. The van der Waals surface area contributed by atoms with Gasteiger partial charge in [-0.2, -0.15) is 0 Å². The van der Waals surface area contributed by atoms with Gasteiger partial charge in [0.2, 0.25) is 0 Å². The van der Waals surface area contributed by atoms with Gasteiger partial charge in [-0.05, 0) is 23.5 Å². The molecule has 16 heavy (non-hydrogen) atoms. The van der Waals surface area contributed by atoms with Gasteiger partial charge in [0.15, 0.2) is 0 Å². The molecule has 0 fully saturated rings. The summed E-state index contributed by atoms with van der Waals surface area (Å²) in [5, 5.41) is 1.25. The van der Waals surface area contributed by atoms with Gasteiger partial charge in [0, 0.05) is 11.1 Å². The molecule has 0 aliphatic heterocycles. The van der Waals surface area contributed by atoms with E-state index in [1.165, 1.54) is 22.2 Å². The van der Waals surface area contributed by atoms with Crippen molar-refractivity contribution in [2.75, 3.05) is 0 Å². The van der Waals surface area contributed by atoms with E-state index in [9.17, 15) is 0 Å². The third kappa shape index (κ3) is 1.95. The van der Waals surface area contributed by atoms with Gasteiger partial charge in [-0.25, -0.2) is 0 Å². The van der Waals surface area contributed by atoms with Crippen LogP contribution in [0.2, 0.25) is 0 Å². The molecule has 0 aliphatic rings. The first-order chi connectivity index (χ1) is 7.59. The summed E-state index contributed by atoms with van der Waals surface area (Å²) in [6.07, 6.45) is 0. The number of para-hydroxylation sites is 1. The third-order valence-corrected chi connectivity index (χ3v) is 2.99. The van der Waals surface area contributed by atoms with E-state index in [2.05, 4.69) is 58.0 Å². The Morgan fingerprint density at radius 2 is 1.62 bits per heavy atom. The summed E-state index contributed by atoms with van der Waals surface area (Å²) >= 11 is 0. The first-order valence-electron chi connectivity index (χ1n) is 5.99. The number of benzene rings is 1. The lowest BCUT2D eigenvalue weighted by Crippen LogP contribution is -1.96. The highest BCUT2D eigenvalue weighted by Crippen LogP contribution is 2.25. The molecule has 0 saturated carbocycles. The zero-order valence-electron chi connectivity index (χ0n) is 10.5. The van der Waals surface area contributed by atoms with Crippen LogP contribution < -0.4 is 0 Å². The van der Waals surface area contributed by atoms with E-state index in [4.69, 9.17) is 4.98 Å². The van der Waals surface area contributed by atoms with Gasteiger partial charge in [0.1, 0.15) is 0 Å². The van der Waals surface area contributed by atoms with Crippen molar-refractivity contribution in [1.29, 1.82) is 0 Å². The molecule has 2 aromatic rings. The molecular weight excluding hydrogens is 194 g/mol. The quantitative estimate of drug-likeness (QED) is 0.716. The Morgan fingerprint density at radius 3 is 2.25 bits per heavy atom. The standard InChI is InChI=1S/C15H19N/c1-10(2)13-7-5-6-12-8-9-14(11(3)4)16-15(12)13/h5-11H,1-4H3. The number of hydrogen-bond acceptors (Lipinski definition) is 1. The predicted molar refractivity (Wildman–Crippen MR) is 69.9 cm³/mol. The van der Waals surface area contributed by atoms with Crippen molar-refractivity contribution in [3.63, 3.8) is 0 Å². The molecule has 0 saturated heterocycles. The molecule has 1 aromatic carbocycles. The van der Waals surface area contributed by atoms with Crippen molar-refractivity contribution in [2.45, 2.75) is 39.5 Å². The monoisotopic (exact) mass is 213 g/mol. The van der Waals surface area contributed by atoms with E-state index >= 15 is 0 Å². The summed E-state index contributed by atoms with van der Waals surface area (Å²) in [7, 11) is 0. The molecule has 0 bridgehead atoms. The summed E-state index contributed by atoms with van der Waals surface area (Å²) in [4.78, 5) is 4.80. The van der Waals surface area contributed by atoms with Gasteiger partial charge >= 0.3 is 0 Å². The van der Waals surface area contributed by atoms with Crippen LogP contribution in [-0.4, -0.2) is 4.98 Å². The highest BCUT2D eigenvalue weighted by molar-refractivity contribution is 5.82. The lowest BCUT2D eigenvalue weighted by atomic mass is 9.98. The van der Waals surface area contributed by atoms with Gasteiger partial charge in [-0.3, -0.25) is 4.98 Å².